The maximum atomic E-state index is 12.1. The van der Waals surface area contributed by atoms with E-state index in [0.717, 1.165) is 35.4 Å². The van der Waals surface area contributed by atoms with Crippen LogP contribution >= 0.6 is 11.3 Å². The van der Waals surface area contributed by atoms with E-state index in [1.165, 1.54) is 17.7 Å². The topological polar surface area (TPSA) is 84.7 Å². The second-order valence-corrected chi connectivity index (χ2v) is 7.44. The Hall–Kier alpha value is -2.74. The fourth-order valence-electron chi connectivity index (χ4n) is 2.98. The van der Waals surface area contributed by atoms with E-state index in [1.807, 2.05) is 25.4 Å². The molecule has 26 heavy (non-hydrogen) atoms. The molecule has 3 aromatic heterocycles. The van der Waals surface area contributed by atoms with Crippen molar-refractivity contribution in [3.8, 4) is 11.3 Å². The normalized spacial score (nSPS) is 13.3. The molecule has 7 nitrogen and oxygen atoms in total. The first-order chi connectivity index (χ1) is 12.7. The molecule has 0 spiro atoms. The third-order valence-electron chi connectivity index (χ3n) is 4.34. The van der Waals surface area contributed by atoms with Crippen LogP contribution in [-0.2, 0) is 26.4 Å². The largest absolute Gasteiger partial charge is 0.334 e. The number of urea groups is 1. The number of hydrogen-bond donors (Lipinski definition) is 2. The number of aryl methyl sites for hydroxylation is 3. The van der Waals surface area contributed by atoms with Gasteiger partial charge in [0.25, 0.3) is 0 Å². The van der Waals surface area contributed by atoms with Crippen LogP contribution in [0.4, 0.5) is 9.93 Å². The first-order valence-electron chi connectivity index (χ1n) is 8.65. The number of amides is 2. The van der Waals surface area contributed by atoms with Crippen molar-refractivity contribution >= 4 is 22.5 Å². The second-order valence-electron chi connectivity index (χ2n) is 6.36. The van der Waals surface area contributed by atoms with E-state index in [4.69, 9.17) is 0 Å². The van der Waals surface area contributed by atoms with Crippen LogP contribution in [-0.4, -0.2) is 25.8 Å². The molecule has 1 aliphatic carbocycles. The summed E-state index contributed by atoms with van der Waals surface area (Å²) >= 11 is 1.58. The number of pyridine rings is 1. The monoisotopic (exact) mass is 368 g/mol. The molecule has 134 valence electrons. The quantitative estimate of drug-likeness (QED) is 0.741. The minimum Gasteiger partial charge on any atom is -0.334 e. The van der Waals surface area contributed by atoms with Crippen molar-refractivity contribution in [1.29, 1.82) is 0 Å². The van der Waals surface area contributed by atoms with Crippen molar-refractivity contribution in [3.63, 3.8) is 0 Å². The van der Waals surface area contributed by atoms with Crippen LogP contribution in [0.5, 0.6) is 0 Å². The summed E-state index contributed by atoms with van der Waals surface area (Å²) in [7, 11) is 1.87. The van der Waals surface area contributed by atoms with Gasteiger partial charge in [-0.25, -0.2) is 9.78 Å². The van der Waals surface area contributed by atoms with Gasteiger partial charge in [0.15, 0.2) is 5.13 Å². The first-order valence-corrected chi connectivity index (χ1v) is 9.46. The summed E-state index contributed by atoms with van der Waals surface area (Å²) in [5, 5.41) is 10.5. The third kappa shape index (κ3) is 3.75. The van der Waals surface area contributed by atoms with E-state index < -0.39 is 0 Å². The number of thiazole rings is 1. The lowest BCUT2D eigenvalue weighted by Crippen LogP contribution is -2.28. The fraction of sp³-hybridized carbons (Fsp3) is 0.333. The Balaban J connectivity index is 1.32. The molecule has 0 bridgehead atoms. The molecular formula is C18H20N6OS. The van der Waals surface area contributed by atoms with E-state index in [9.17, 15) is 4.79 Å². The number of hydrogen-bond acceptors (Lipinski definition) is 5. The molecule has 0 unspecified atom stereocenters. The predicted molar refractivity (Wildman–Crippen MR) is 101 cm³/mol. The van der Waals surface area contributed by atoms with Crippen LogP contribution in [0.3, 0.4) is 0 Å². The van der Waals surface area contributed by atoms with Gasteiger partial charge in [-0.2, -0.15) is 5.10 Å². The van der Waals surface area contributed by atoms with Crippen molar-refractivity contribution in [2.45, 2.75) is 32.2 Å². The summed E-state index contributed by atoms with van der Waals surface area (Å²) in [6, 6.07) is 3.64. The van der Waals surface area contributed by atoms with Gasteiger partial charge in [0.1, 0.15) is 0 Å². The van der Waals surface area contributed by atoms with Gasteiger partial charge < -0.3 is 5.32 Å². The lowest BCUT2D eigenvalue weighted by molar-refractivity contribution is 0.251. The predicted octanol–water partition coefficient (Wildman–Crippen LogP) is 3.14. The highest BCUT2D eigenvalue weighted by Gasteiger charge is 2.16. The van der Waals surface area contributed by atoms with E-state index in [0.29, 0.717) is 11.7 Å². The highest BCUT2D eigenvalue weighted by atomic mass is 32.1. The summed E-state index contributed by atoms with van der Waals surface area (Å²) in [4.78, 5) is 22.4. The molecule has 0 aromatic carbocycles. The smallest absolute Gasteiger partial charge is 0.321 e. The number of nitrogens with one attached hydrogen (secondary N) is 2. The van der Waals surface area contributed by atoms with Crippen LogP contribution in [0.2, 0.25) is 0 Å². The van der Waals surface area contributed by atoms with Crippen LogP contribution in [0.25, 0.3) is 11.3 Å². The number of fused-ring (bicyclic) bond motifs is 1. The van der Waals surface area contributed by atoms with E-state index in [1.54, 1.807) is 28.4 Å². The number of nitrogens with zero attached hydrogens (tertiary/aromatic N) is 4. The summed E-state index contributed by atoms with van der Waals surface area (Å²) in [5.74, 6) is 0. The average molecular weight is 368 g/mol. The Morgan fingerprint density at radius 3 is 2.88 bits per heavy atom. The van der Waals surface area contributed by atoms with Crippen LogP contribution < -0.4 is 10.6 Å². The van der Waals surface area contributed by atoms with Crippen LogP contribution in [0.1, 0.15) is 29.0 Å². The summed E-state index contributed by atoms with van der Waals surface area (Å²) in [6.07, 6.45) is 9.95. The molecule has 3 heterocycles. The van der Waals surface area contributed by atoms with Gasteiger partial charge in [0.05, 0.1) is 17.6 Å². The molecule has 0 saturated carbocycles. The van der Waals surface area contributed by atoms with Crippen molar-refractivity contribution in [3.05, 3.63) is 46.9 Å². The van der Waals surface area contributed by atoms with Gasteiger partial charge >= 0.3 is 6.03 Å². The highest BCUT2D eigenvalue weighted by Crippen LogP contribution is 2.29. The van der Waals surface area contributed by atoms with Gasteiger partial charge in [-0.1, -0.05) is 6.07 Å². The Bertz CT molecular complexity index is 891. The third-order valence-corrected chi connectivity index (χ3v) is 5.42. The molecule has 4 rings (SSSR count). The van der Waals surface area contributed by atoms with Gasteiger partial charge in [-0.05, 0) is 37.3 Å². The van der Waals surface area contributed by atoms with Gasteiger partial charge in [0, 0.05) is 36.4 Å². The Morgan fingerprint density at radius 2 is 2.15 bits per heavy atom. The van der Waals surface area contributed by atoms with E-state index in [2.05, 4.69) is 25.7 Å². The summed E-state index contributed by atoms with van der Waals surface area (Å²) in [5.41, 5.74) is 3.91. The van der Waals surface area contributed by atoms with Crippen LogP contribution in [0.15, 0.2) is 30.7 Å². The molecule has 0 fully saturated rings. The zero-order chi connectivity index (χ0) is 17.9. The maximum absolute atomic E-state index is 12.1. The Morgan fingerprint density at radius 1 is 1.27 bits per heavy atom. The van der Waals surface area contributed by atoms with Crippen molar-refractivity contribution < 1.29 is 4.79 Å². The molecule has 0 aliphatic heterocycles. The Labute approximate surface area is 155 Å². The highest BCUT2D eigenvalue weighted by molar-refractivity contribution is 7.15. The second kappa shape index (κ2) is 7.25. The maximum Gasteiger partial charge on any atom is 0.321 e. The number of carbonyl (C=O) groups excluding carboxylic acids is 1. The van der Waals surface area contributed by atoms with Crippen molar-refractivity contribution in [2.24, 2.45) is 7.05 Å². The number of carbonyl (C=O) groups is 1. The SMILES string of the molecule is Cn1cc(-c2ccc(CNC(=O)Nc3nc4c(s3)CCCC4)cn2)cn1. The van der Waals surface area contributed by atoms with Crippen molar-refractivity contribution in [1.82, 2.24) is 25.1 Å². The zero-order valence-corrected chi connectivity index (χ0v) is 15.3. The van der Waals surface area contributed by atoms with Gasteiger partial charge in [-0.15, -0.1) is 11.3 Å². The molecule has 0 saturated heterocycles. The first kappa shape index (κ1) is 16.7. The number of rotatable bonds is 4. The minimum atomic E-state index is -0.243. The summed E-state index contributed by atoms with van der Waals surface area (Å²) < 4.78 is 1.74. The number of anilines is 1. The minimum absolute atomic E-state index is 0.243. The molecule has 8 heteroatoms. The zero-order valence-electron chi connectivity index (χ0n) is 14.5. The number of aromatic nitrogens is 4. The van der Waals surface area contributed by atoms with Crippen LogP contribution in [0, 0.1) is 0 Å². The molecular weight excluding hydrogens is 348 g/mol. The van der Waals surface area contributed by atoms with Crippen molar-refractivity contribution in [2.75, 3.05) is 5.32 Å². The molecule has 0 atom stereocenters. The lowest BCUT2D eigenvalue weighted by Gasteiger charge is -2.06. The molecule has 0 radical (unpaired) electrons. The molecule has 2 N–H and O–H groups in total. The average Bonchev–Trinajstić information content (AvgIpc) is 3.26. The molecule has 2 amide bonds. The Kier molecular flexibility index (Phi) is 4.66. The standard InChI is InChI=1S/C18H20N6OS/c1-24-11-13(10-21-24)14-7-6-12(8-19-14)9-20-17(25)23-18-22-15-4-2-3-5-16(15)26-18/h6-8,10-11H,2-5,9H2,1H3,(H2,20,22,23,25). The fourth-order valence-corrected chi connectivity index (χ4v) is 4.03. The lowest BCUT2D eigenvalue weighted by atomic mass is 10.0. The van der Waals surface area contributed by atoms with Gasteiger partial charge in [-0.3, -0.25) is 15.0 Å². The summed E-state index contributed by atoms with van der Waals surface area (Å²) in [6.45, 7) is 0.414. The van der Waals surface area contributed by atoms with E-state index in [-0.39, 0.29) is 6.03 Å². The molecule has 3 aromatic rings. The van der Waals surface area contributed by atoms with E-state index >= 15 is 0 Å². The molecule has 1 aliphatic rings. The van der Waals surface area contributed by atoms with Gasteiger partial charge in [0.2, 0.25) is 0 Å².